The van der Waals surface area contributed by atoms with Gasteiger partial charge in [-0.3, -0.25) is 9.59 Å². The summed E-state index contributed by atoms with van der Waals surface area (Å²) in [5, 5.41) is 6.40. The second kappa shape index (κ2) is 8.25. The van der Waals surface area contributed by atoms with Crippen molar-refractivity contribution in [1.82, 2.24) is 10.2 Å². The molecule has 1 heterocycles. The van der Waals surface area contributed by atoms with E-state index >= 15 is 0 Å². The summed E-state index contributed by atoms with van der Waals surface area (Å²) in [6.07, 6.45) is 1.52. The monoisotopic (exact) mass is 365 g/mol. The molecule has 2 amide bonds. The van der Waals surface area contributed by atoms with Gasteiger partial charge in [0.1, 0.15) is 5.54 Å². The summed E-state index contributed by atoms with van der Waals surface area (Å²) in [7, 11) is 0. The van der Waals surface area contributed by atoms with E-state index in [0.29, 0.717) is 19.5 Å². The van der Waals surface area contributed by atoms with E-state index in [0.717, 1.165) is 24.2 Å². The first-order valence-corrected chi connectivity index (χ1v) is 9.45. The highest BCUT2D eigenvalue weighted by Gasteiger charge is 2.35. The van der Waals surface area contributed by atoms with E-state index in [-0.39, 0.29) is 11.8 Å². The van der Waals surface area contributed by atoms with Gasteiger partial charge < -0.3 is 15.5 Å². The van der Waals surface area contributed by atoms with E-state index in [9.17, 15) is 9.59 Å². The standard InChI is InChI=1S/C22H27N3O2/c1-17-10-12-19(13-11-17)24-22(2,18-7-4-3-5-8-18)21(27)23-14-16-25-15-6-9-20(25)26/h3-5,7-8,10-13,24H,6,9,14-16H2,1-2H3,(H,23,27)/t22-/m1/s1. The maximum absolute atomic E-state index is 13.1. The second-order valence-corrected chi connectivity index (χ2v) is 7.22. The molecule has 1 saturated heterocycles. The topological polar surface area (TPSA) is 61.4 Å². The lowest BCUT2D eigenvalue weighted by atomic mass is 9.90. The highest BCUT2D eigenvalue weighted by molar-refractivity contribution is 5.90. The molecule has 2 N–H and O–H groups in total. The minimum absolute atomic E-state index is 0.110. The Balaban J connectivity index is 1.73. The molecule has 1 fully saturated rings. The second-order valence-electron chi connectivity index (χ2n) is 7.22. The number of rotatable bonds is 7. The average molecular weight is 365 g/mol. The van der Waals surface area contributed by atoms with E-state index in [1.165, 1.54) is 5.56 Å². The van der Waals surface area contributed by atoms with Crippen LogP contribution in [0.3, 0.4) is 0 Å². The Labute approximate surface area is 160 Å². The lowest BCUT2D eigenvalue weighted by molar-refractivity contribution is -0.129. The summed E-state index contributed by atoms with van der Waals surface area (Å²) in [6.45, 7) is 5.71. The van der Waals surface area contributed by atoms with Gasteiger partial charge in [0.2, 0.25) is 11.8 Å². The van der Waals surface area contributed by atoms with Crippen LogP contribution in [0.25, 0.3) is 0 Å². The molecule has 5 nitrogen and oxygen atoms in total. The van der Waals surface area contributed by atoms with Crippen LogP contribution in [-0.2, 0) is 15.1 Å². The van der Waals surface area contributed by atoms with Crippen molar-refractivity contribution in [2.75, 3.05) is 25.0 Å². The number of benzene rings is 2. The molecule has 0 bridgehead atoms. The Morgan fingerprint density at radius 1 is 1.11 bits per heavy atom. The Bertz CT molecular complexity index is 789. The molecule has 2 aromatic rings. The maximum atomic E-state index is 13.1. The van der Waals surface area contributed by atoms with Crippen LogP contribution in [0.4, 0.5) is 5.69 Å². The zero-order valence-electron chi connectivity index (χ0n) is 16.0. The van der Waals surface area contributed by atoms with Crippen molar-refractivity contribution in [3.63, 3.8) is 0 Å². The van der Waals surface area contributed by atoms with Gasteiger partial charge in [0.15, 0.2) is 0 Å². The minimum Gasteiger partial charge on any atom is -0.368 e. The number of anilines is 1. The predicted molar refractivity (Wildman–Crippen MR) is 107 cm³/mol. The van der Waals surface area contributed by atoms with Crippen LogP contribution in [0.1, 0.15) is 30.9 Å². The summed E-state index contributed by atoms with van der Waals surface area (Å²) in [4.78, 5) is 26.7. The van der Waals surface area contributed by atoms with E-state index in [1.807, 2.05) is 73.3 Å². The fourth-order valence-corrected chi connectivity index (χ4v) is 3.38. The number of likely N-dealkylation sites (tertiary alicyclic amines) is 1. The number of amides is 2. The number of aryl methyl sites for hydroxylation is 1. The zero-order valence-corrected chi connectivity index (χ0v) is 16.0. The molecule has 0 unspecified atom stereocenters. The molecule has 0 spiro atoms. The lowest BCUT2D eigenvalue weighted by Gasteiger charge is -2.31. The predicted octanol–water partition coefficient (Wildman–Crippen LogP) is 3.06. The van der Waals surface area contributed by atoms with Crippen LogP contribution in [0.15, 0.2) is 54.6 Å². The van der Waals surface area contributed by atoms with Crippen LogP contribution >= 0.6 is 0 Å². The number of hydrogen-bond acceptors (Lipinski definition) is 3. The van der Waals surface area contributed by atoms with Crippen molar-refractivity contribution in [1.29, 1.82) is 0 Å². The highest BCUT2D eigenvalue weighted by atomic mass is 16.2. The summed E-state index contributed by atoms with van der Waals surface area (Å²) in [5.74, 6) is 0.0637. The Kier molecular flexibility index (Phi) is 5.79. The lowest BCUT2D eigenvalue weighted by Crippen LogP contribution is -2.49. The quantitative estimate of drug-likeness (QED) is 0.793. The Hall–Kier alpha value is -2.82. The Morgan fingerprint density at radius 2 is 1.81 bits per heavy atom. The van der Waals surface area contributed by atoms with Gasteiger partial charge in [0.25, 0.3) is 0 Å². The van der Waals surface area contributed by atoms with E-state index in [4.69, 9.17) is 0 Å². The number of carbonyl (C=O) groups is 2. The Morgan fingerprint density at radius 3 is 2.44 bits per heavy atom. The molecule has 0 radical (unpaired) electrons. The highest BCUT2D eigenvalue weighted by Crippen LogP contribution is 2.26. The first-order valence-electron chi connectivity index (χ1n) is 9.45. The SMILES string of the molecule is Cc1ccc(N[C@@](C)(C(=O)NCCN2CCCC2=O)c2ccccc2)cc1. The van der Waals surface area contributed by atoms with Crippen LogP contribution in [0, 0.1) is 6.92 Å². The number of carbonyl (C=O) groups excluding carboxylic acids is 2. The van der Waals surface area contributed by atoms with Crippen molar-refractivity contribution in [3.8, 4) is 0 Å². The number of hydrogen-bond donors (Lipinski definition) is 2. The van der Waals surface area contributed by atoms with Gasteiger partial charge in [0, 0.05) is 31.7 Å². The van der Waals surface area contributed by atoms with Gasteiger partial charge in [-0.2, -0.15) is 0 Å². The third kappa shape index (κ3) is 4.48. The molecule has 1 aliphatic heterocycles. The molecule has 0 saturated carbocycles. The summed E-state index contributed by atoms with van der Waals surface area (Å²) >= 11 is 0. The van der Waals surface area contributed by atoms with Crippen molar-refractivity contribution in [2.24, 2.45) is 0 Å². The maximum Gasteiger partial charge on any atom is 0.250 e. The molecule has 5 heteroatoms. The third-order valence-electron chi connectivity index (χ3n) is 5.09. The van der Waals surface area contributed by atoms with Gasteiger partial charge in [-0.05, 0) is 38.0 Å². The van der Waals surface area contributed by atoms with Gasteiger partial charge in [0.05, 0.1) is 0 Å². The molecular formula is C22H27N3O2. The van der Waals surface area contributed by atoms with Crippen LogP contribution in [0.2, 0.25) is 0 Å². The molecule has 1 atom stereocenters. The van der Waals surface area contributed by atoms with Gasteiger partial charge in [-0.1, -0.05) is 48.0 Å². The third-order valence-corrected chi connectivity index (χ3v) is 5.09. The minimum atomic E-state index is -0.911. The summed E-state index contributed by atoms with van der Waals surface area (Å²) < 4.78 is 0. The summed E-state index contributed by atoms with van der Waals surface area (Å²) in [6, 6.07) is 17.7. The zero-order chi connectivity index (χ0) is 19.3. The molecule has 0 aliphatic carbocycles. The molecule has 3 rings (SSSR count). The fourth-order valence-electron chi connectivity index (χ4n) is 3.38. The molecule has 0 aromatic heterocycles. The van der Waals surface area contributed by atoms with Crippen molar-refractivity contribution in [3.05, 3.63) is 65.7 Å². The fraction of sp³-hybridized carbons (Fsp3) is 0.364. The van der Waals surface area contributed by atoms with Crippen LogP contribution in [0.5, 0.6) is 0 Å². The normalized spacial score (nSPS) is 16.1. The number of nitrogens with one attached hydrogen (secondary N) is 2. The van der Waals surface area contributed by atoms with Gasteiger partial charge >= 0.3 is 0 Å². The van der Waals surface area contributed by atoms with Gasteiger partial charge in [-0.25, -0.2) is 0 Å². The van der Waals surface area contributed by atoms with E-state index in [1.54, 1.807) is 0 Å². The average Bonchev–Trinajstić information content (AvgIpc) is 3.09. The molecule has 1 aliphatic rings. The van der Waals surface area contributed by atoms with Crippen LogP contribution in [-0.4, -0.2) is 36.3 Å². The van der Waals surface area contributed by atoms with Crippen molar-refractivity contribution >= 4 is 17.5 Å². The molecular weight excluding hydrogens is 338 g/mol. The van der Waals surface area contributed by atoms with Crippen molar-refractivity contribution in [2.45, 2.75) is 32.2 Å². The smallest absolute Gasteiger partial charge is 0.250 e. The first kappa shape index (κ1) is 19.0. The van der Waals surface area contributed by atoms with Gasteiger partial charge in [-0.15, -0.1) is 0 Å². The van der Waals surface area contributed by atoms with E-state index in [2.05, 4.69) is 10.6 Å². The molecule has 142 valence electrons. The van der Waals surface area contributed by atoms with Crippen LogP contribution < -0.4 is 10.6 Å². The largest absolute Gasteiger partial charge is 0.368 e. The molecule has 2 aromatic carbocycles. The first-order chi connectivity index (χ1) is 13.0. The van der Waals surface area contributed by atoms with Crippen molar-refractivity contribution < 1.29 is 9.59 Å². The molecule has 27 heavy (non-hydrogen) atoms. The van der Waals surface area contributed by atoms with E-state index < -0.39 is 5.54 Å². The summed E-state index contributed by atoms with van der Waals surface area (Å²) in [5.41, 5.74) is 2.03. The number of nitrogens with zero attached hydrogens (tertiary/aromatic N) is 1.